The van der Waals surface area contributed by atoms with Crippen molar-refractivity contribution in [1.29, 1.82) is 0 Å². The smallest absolute Gasteiger partial charge is 0.257 e. The van der Waals surface area contributed by atoms with E-state index in [9.17, 15) is 14.7 Å². The highest BCUT2D eigenvalue weighted by Gasteiger charge is 2.61. The number of anilines is 1. The summed E-state index contributed by atoms with van der Waals surface area (Å²) in [6.07, 6.45) is 7.43. The molecule has 0 radical (unpaired) electrons. The molecule has 162 valence electrons. The van der Waals surface area contributed by atoms with Gasteiger partial charge in [-0.05, 0) is 74.7 Å². The summed E-state index contributed by atoms with van der Waals surface area (Å²) in [4.78, 5) is 30.0. The molecule has 2 atom stereocenters. The van der Waals surface area contributed by atoms with Crippen molar-refractivity contribution in [2.75, 3.05) is 25.0 Å². The zero-order valence-corrected chi connectivity index (χ0v) is 18.1. The predicted octanol–water partition coefficient (Wildman–Crippen LogP) is 3.18. The van der Waals surface area contributed by atoms with Crippen molar-refractivity contribution < 1.29 is 19.4 Å². The van der Waals surface area contributed by atoms with Gasteiger partial charge in [0.1, 0.15) is 5.00 Å². The number of ether oxygens (including phenoxy) is 1. The van der Waals surface area contributed by atoms with Crippen LogP contribution in [0, 0.1) is 23.2 Å². The lowest BCUT2D eigenvalue weighted by Gasteiger charge is -2.32. The van der Waals surface area contributed by atoms with Crippen molar-refractivity contribution >= 4 is 28.2 Å². The Hall–Kier alpha value is -1.44. The van der Waals surface area contributed by atoms with Crippen LogP contribution in [0.1, 0.15) is 65.7 Å². The number of piperidine rings is 1. The molecule has 7 heteroatoms. The van der Waals surface area contributed by atoms with Crippen LogP contribution in [0.3, 0.4) is 0 Å². The Kier molecular flexibility index (Phi) is 4.52. The fraction of sp³-hybridized carbons (Fsp3) is 0.739. The van der Waals surface area contributed by atoms with E-state index in [-0.39, 0.29) is 23.3 Å². The van der Waals surface area contributed by atoms with Crippen molar-refractivity contribution in [3.05, 3.63) is 16.0 Å². The molecule has 0 spiro atoms. The Morgan fingerprint density at radius 3 is 2.60 bits per heavy atom. The third kappa shape index (κ3) is 2.88. The molecule has 7 rings (SSSR count). The molecule has 4 saturated carbocycles. The minimum Gasteiger partial charge on any atom is -0.393 e. The number of thiophene rings is 1. The molecular weight excluding hydrogens is 400 g/mol. The van der Waals surface area contributed by atoms with Gasteiger partial charge in [0, 0.05) is 18.0 Å². The van der Waals surface area contributed by atoms with E-state index in [2.05, 4.69) is 5.32 Å². The largest absolute Gasteiger partial charge is 0.393 e. The first-order chi connectivity index (χ1) is 14.5. The highest BCUT2D eigenvalue weighted by atomic mass is 32.1. The van der Waals surface area contributed by atoms with Crippen molar-refractivity contribution in [2.45, 2.75) is 64.1 Å². The third-order valence-corrected chi connectivity index (χ3v) is 9.58. The minimum absolute atomic E-state index is 0.00587. The average molecular weight is 431 g/mol. The van der Waals surface area contributed by atoms with Gasteiger partial charge >= 0.3 is 0 Å². The number of rotatable bonds is 3. The summed E-state index contributed by atoms with van der Waals surface area (Å²) >= 11 is 1.53. The van der Waals surface area contributed by atoms with E-state index in [1.54, 1.807) is 0 Å². The SMILES string of the molecule is O=C(c1c(NC(=O)C23CC4CC(CC2C4)C3)sc2c1CCOC2)N1CCC(O)CC1. The first kappa shape index (κ1) is 19.3. The number of hydrogen-bond donors (Lipinski definition) is 2. The number of aliphatic hydroxyl groups is 1. The zero-order valence-electron chi connectivity index (χ0n) is 17.3. The second-order valence-electron chi connectivity index (χ2n) is 10.2. The summed E-state index contributed by atoms with van der Waals surface area (Å²) < 4.78 is 5.64. The number of aliphatic hydroxyl groups excluding tert-OH is 1. The molecule has 2 unspecified atom stereocenters. The average Bonchev–Trinajstić information content (AvgIpc) is 3.31. The molecule has 1 saturated heterocycles. The number of fused-ring (bicyclic) bond motifs is 1. The van der Waals surface area contributed by atoms with Crippen molar-refractivity contribution in [3.63, 3.8) is 0 Å². The molecule has 4 aliphatic carbocycles. The van der Waals surface area contributed by atoms with Gasteiger partial charge in [-0.15, -0.1) is 11.3 Å². The Labute approximate surface area is 181 Å². The summed E-state index contributed by atoms with van der Waals surface area (Å²) in [6.45, 7) is 2.28. The molecule has 6 nitrogen and oxygen atoms in total. The van der Waals surface area contributed by atoms with Gasteiger partial charge in [0.25, 0.3) is 5.91 Å². The highest BCUT2D eigenvalue weighted by Crippen LogP contribution is 2.65. The van der Waals surface area contributed by atoms with E-state index < -0.39 is 0 Å². The van der Waals surface area contributed by atoms with Crippen LogP contribution in [-0.4, -0.2) is 47.6 Å². The number of likely N-dealkylation sites (tertiary alicyclic amines) is 1. The van der Waals surface area contributed by atoms with Gasteiger partial charge in [0.05, 0.1) is 30.3 Å². The van der Waals surface area contributed by atoms with Crippen LogP contribution in [0.25, 0.3) is 0 Å². The van der Waals surface area contributed by atoms with Crippen LogP contribution in [0.5, 0.6) is 0 Å². The van der Waals surface area contributed by atoms with Crippen LogP contribution in [-0.2, 0) is 22.6 Å². The van der Waals surface area contributed by atoms with Crippen LogP contribution in [0.15, 0.2) is 0 Å². The van der Waals surface area contributed by atoms with E-state index in [1.165, 1.54) is 30.6 Å². The van der Waals surface area contributed by atoms with Crippen molar-refractivity contribution in [1.82, 2.24) is 4.90 Å². The van der Waals surface area contributed by atoms with Crippen LogP contribution in [0.2, 0.25) is 0 Å². The number of carbonyl (C=O) groups is 2. The normalized spacial score (nSPS) is 35.0. The molecule has 0 aromatic carbocycles. The molecule has 30 heavy (non-hydrogen) atoms. The molecule has 1 aromatic heterocycles. The predicted molar refractivity (Wildman–Crippen MR) is 113 cm³/mol. The monoisotopic (exact) mass is 430 g/mol. The maximum absolute atomic E-state index is 13.6. The van der Waals surface area contributed by atoms with Gasteiger partial charge in [-0.3, -0.25) is 9.59 Å². The minimum atomic E-state index is -0.315. The van der Waals surface area contributed by atoms with Crippen molar-refractivity contribution in [2.24, 2.45) is 23.2 Å². The lowest BCUT2D eigenvalue weighted by atomic mass is 9.75. The Morgan fingerprint density at radius 2 is 1.87 bits per heavy atom. The van der Waals surface area contributed by atoms with Crippen LogP contribution >= 0.6 is 11.3 Å². The van der Waals surface area contributed by atoms with E-state index in [1.807, 2.05) is 4.90 Å². The second kappa shape index (κ2) is 7.04. The number of amides is 2. The first-order valence-corrected chi connectivity index (χ1v) is 12.4. The van der Waals surface area contributed by atoms with Gasteiger partial charge in [-0.1, -0.05) is 0 Å². The summed E-state index contributed by atoms with van der Waals surface area (Å²) in [7, 11) is 0. The summed E-state index contributed by atoms with van der Waals surface area (Å²) in [6, 6.07) is 0. The standard InChI is InChI=1S/C23H30N2O4S/c26-16-1-4-25(5-2-16)21(27)19-17-3-6-29-12-18(17)30-20(19)24-22(28)23-10-13-7-14(11-23)9-15(23)8-13/h13-16,26H,1-12H2,(H,24,28). The van der Waals surface area contributed by atoms with Gasteiger partial charge in [0.2, 0.25) is 5.91 Å². The fourth-order valence-electron chi connectivity index (χ4n) is 7.17. The summed E-state index contributed by atoms with van der Waals surface area (Å²) in [5.41, 5.74) is 1.55. The zero-order chi connectivity index (χ0) is 20.5. The van der Waals surface area contributed by atoms with Crippen molar-refractivity contribution in [3.8, 4) is 0 Å². The number of carbonyl (C=O) groups excluding carboxylic acids is 2. The number of hydrogen-bond acceptors (Lipinski definition) is 5. The molecule has 2 aliphatic heterocycles. The Bertz CT molecular complexity index is 874. The maximum Gasteiger partial charge on any atom is 0.257 e. The van der Waals surface area contributed by atoms with Gasteiger partial charge in [-0.25, -0.2) is 0 Å². The Balaban J connectivity index is 1.30. The molecule has 2 N–H and O–H groups in total. The highest BCUT2D eigenvalue weighted by molar-refractivity contribution is 7.17. The number of nitrogens with zero attached hydrogens (tertiary/aromatic N) is 1. The lowest BCUT2D eigenvalue weighted by Crippen LogP contribution is -2.41. The molecule has 3 heterocycles. The lowest BCUT2D eigenvalue weighted by molar-refractivity contribution is -0.127. The van der Waals surface area contributed by atoms with E-state index in [4.69, 9.17) is 4.74 Å². The molecule has 4 bridgehead atoms. The molecule has 5 fully saturated rings. The molecule has 6 aliphatic rings. The molecule has 1 aromatic rings. The summed E-state index contributed by atoms with van der Waals surface area (Å²) in [5, 5.41) is 13.8. The van der Waals surface area contributed by atoms with E-state index >= 15 is 0 Å². The van der Waals surface area contributed by atoms with Crippen LogP contribution < -0.4 is 5.32 Å². The fourth-order valence-corrected chi connectivity index (χ4v) is 8.34. The molecular formula is C23H30N2O4S. The Morgan fingerprint density at radius 1 is 1.13 bits per heavy atom. The quantitative estimate of drug-likeness (QED) is 0.772. The third-order valence-electron chi connectivity index (χ3n) is 8.45. The first-order valence-electron chi connectivity index (χ1n) is 11.5. The molecule has 2 amide bonds. The van der Waals surface area contributed by atoms with Gasteiger partial charge in [0.15, 0.2) is 0 Å². The maximum atomic E-state index is 13.6. The van der Waals surface area contributed by atoms with Crippen LogP contribution in [0.4, 0.5) is 5.00 Å². The van der Waals surface area contributed by atoms with E-state index in [0.29, 0.717) is 50.6 Å². The topological polar surface area (TPSA) is 78.9 Å². The van der Waals surface area contributed by atoms with Gasteiger partial charge in [-0.2, -0.15) is 0 Å². The van der Waals surface area contributed by atoms with E-state index in [0.717, 1.165) is 46.5 Å². The van der Waals surface area contributed by atoms with Gasteiger partial charge < -0.3 is 20.1 Å². The second-order valence-corrected chi connectivity index (χ2v) is 11.3. The summed E-state index contributed by atoms with van der Waals surface area (Å²) in [5.74, 6) is 2.13. The number of nitrogens with one attached hydrogen (secondary N) is 1.